The number of piperidine rings is 1. The summed E-state index contributed by atoms with van der Waals surface area (Å²) in [7, 11) is -1.89. The number of nitrogens with zero attached hydrogens (tertiary/aromatic N) is 1. The van der Waals surface area contributed by atoms with E-state index < -0.39 is 15.1 Å². The third kappa shape index (κ3) is 5.85. The predicted octanol–water partition coefficient (Wildman–Crippen LogP) is 1.94. The van der Waals surface area contributed by atoms with Crippen LogP contribution in [0.3, 0.4) is 0 Å². The molecule has 1 aromatic rings. The maximum atomic E-state index is 12.6. The molecule has 0 bridgehead atoms. The number of carbonyl (C=O) groups is 2. The van der Waals surface area contributed by atoms with Crippen LogP contribution in [0, 0.1) is 0 Å². The molecule has 138 valence electrons. The summed E-state index contributed by atoms with van der Waals surface area (Å²) >= 11 is 0. The highest BCUT2D eigenvalue weighted by atomic mass is 32.2. The standard InChI is InChI=1S/C18H25NO5S/c1-24-18(21)9-5-8-17(20)19-12-10-16(11-13-19)25(22,23)14-15-6-3-2-4-7-15/h2-4,6-7,16H,5,8-14H2,1H3. The number of sulfone groups is 1. The van der Waals surface area contributed by atoms with Crippen LogP contribution in [-0.2, 0) is 29.9 Å². The second-order valence-corrected chi connectivity index (χ2v) is 8.58. The molecule has 1 fully saturated rings. The molecule has 0 N–H and O–H groups in total. The van der Waals surface area contributed by atoms with Crippen LogP contribution in [-0.4, -0.2) is 50.6 Å². The number of carbonyl (C=O) groups excluding carboxylic acids is 2. The van der Waals surface area contributed by atoms with E-state index in [0.29, 0.717) is 32.4 Å². The summed E-state index contributed by atoms with van der Waals surface area (Å²) in [6.45, 7) is 0.908. The maximum Gasteiger partial charge on any atom is 0.305 e. The Bertz CT molecular complexity index is 679. The van der Waals surface area contributed by atoms with Gasteiger partial charge >= 0.3 is 5.97 Å². The quantitative estimate of drug-likeness (QED) is 0.688. The SMILES string of the molecule is COC(=O)CCCC(=O)N1CCC(S(=O)(=O)Cc2ccccc2)CC1. The number of benzene rings is 1. The second kappa shape index (κ2) is 8.99. The minimum Gasteiger partial charge on any atom is -0.469 e. The molecule has 0 aromatic heterocycles. The van der Waals surface area contributed by atoms with Gasteiger partial charge in [0.05, 0.1) is 18.1 Å². The van der Waals surface area contributed by atoms with Crippen LogP contribution in [0.5, 0.6) is 0 Å². The summed E-state index contributed by atoms with van der Waals surface area (Å²) in [5.74, 6) is -0.299. The number of hydrogen-bond donors (Lipinski definition) is 0. The average molecular weight is 367 g/mol. The van der Waals surface area contributed by atoms with Crippen LogP contribution < -0.4 is 0 Å². The summed E-state index contributed by atoms with van der Waals surface area (Å²) in [5.41, 5.74) is 0.795. The number of esters is 1. The van der Waals surface area contributed by atoms with E-state index in [9.17, 15) is 18.0 Å². The zero-order valence-corrected chi connectivity index (χ0v) is 15.3. The summed E-state index contributed by atoms with van der Waals surface area (Å²) in [4.78, 5) is 24.9. The van der Waals surface area contributed by atoms with E-state index in [1.165, 1.54) is 7.11 Å². The number of ether oxygens (including phenoxy) is 1. The lowest BCUT2D eigenvalue weighted by Crippen LogP contribution is -2.42. The molecular formula is C18H25NO5S. The molecule has 1 saturated heterocycles. The van der Waals surface area contributed by atoms with Crippen molar-refractivity contribution in [2.45, 2.75) is 43.1 Å². The fraction of sp³-hybridized carbons (Fsp3) is 0.556. The molecule has 1 amide bonds. The van der Waals surface area contributed by atoms with Crippen LogP contribution in [0.1, 0.15) is 37.7 Å². The molecule has 0 saturated carbocycles. The van der Waals surface area contributed by atoms with Gasteiger partial charge in [-0.15, -0.1) is 0 Å². The van der Waals surface area contributed by atoms with Gasteiger partial charge in [0.15, 0.2) is 9.84 Å². The van der Waals surface area contributed by atoms with Crippen molar-refractivity contribution < 1.29 is 22.7 Å². The van der Waals surface area contributed by atoms with E-state index in [1.807, 2.05) is 30.3 Å². The van der Waals surface area contributed by atoms with E-state index >= 15 is 0 Å². The van der Waals surface area contributed by atoms with E-state index in [0.717, 1.165) is 5.56 Å². The predicted molar refractivity (Wildman–Crippen MR) is 94.5 cm³/mol. The molecule has 7 heteroatoms. The highest BCUT2D eigenvalue weighted by Crippen LogP contribution is 2.22. The monoisotopic (exact) mass is 367 g/mol. The van der Waals surface area contributed by atoms with Gasteiger partial charge in [0.2, 0.25) is 5.91 Å². The number of methoxy groups -OCH3 is 1. The third-order valence-electron chi connectivity index (χ3n) is 4.51. The molecule has 0 spiro atoms. The number of hydrogen-bond acceptors (Lipinski definition) is 5. The van der Waals surface area contributed by atoms with E-state index in [2.05, 4.69) is 4.74 Å². The molecule has 6 nitrogen and oxygen atoms in total. The lowest BCUT2D eigenvalue weighted by molar-refractivity contribution is -0.140. The normalized spacial score (nSPS) is 15.8. The molecule has 1 heterocycles. The van der Waals surface area contributed by atoms with Gasteiger partial charge in [0, 0.05) is 25.9 Å². The Hall–Kier alpha value is -1.89. The van der Waals surface area contributed by atoms with Gasteiger partial charge in [-0.3, -0.25) is 9.59 Å². The first kappa shape index (κ1) is 19.4. The summed E-state index contributed by atoms with van der Waals surface area (Å²) in [5, 5.41) is -0.396. The van der Waals surface area contributed by atoms with Gasteiger partial charge < -0.3 is 9.64 Å². The van der Waals surface area contributed by atoms with Crippen molar-refractivity contribution in [3.8, 4) is 0 Å². The van der Waals surface area contributed by atoms with Crippen LogP contribution in [0.15, 0.2) is 30.3 Å². The molecule has 2 rings (SSSR count). The first-order valence-electron chi connectivity index (χ1n) is 8.52. The Kier molecular flexibility index (Phi) is 6.99. The lowest BCUT2D eigenvalue weighted by atomic mass is 10.1. The van der Waals surface area contributed by atoms with Crippen molar-refractivity contribution >= 4 is 21.7 Å². The zero-order valence-electron chi connectivity index (χ0n) is 14.5. The average Bonchev–Trinajstić information content (AvgIpc) is 2.62. The smallest absolute Gasteiger partial charge is 0.305 e. The molecule has 1 aromatic carbocycles. The van der Waals surface area contributed by atoms with Crippen molar-refractivity contribution in [1.29, 1.82) is 0 Å². The molecule has 25 heavy (non-hydrogen) atoms. The lowest BCUT2D eigenvalue weighted by Gasteiger charge is -2.32. The fourth-order valence-corrected chi connectivity index (χ4v) is 4.85. The number of amides is 1. The van der Waals surface area contributed by atoms with Gasteiger partial charge in [0.25, 0.3) is 0 Å². The van der Waals surface area contributed by atoms with Gasteiger partial charge in [-0.2, -0.15) is 0 Å². The van der Waals surface area contributed by atoms with Crippen molar-refractivity contribution in [3.05, 3.63) is 35.9 Å². The number of rotatable bonds is 7. The second-order valence-electron chi connectivity index (χ2n) is 6.30. The third-order valence-corrected chi connectivity index (χ3v) is 6.74. The Morgan fingerprint density at radius 3 is 2.36 bits per heavy atom. The first-order valence-corrected chi connectivity index (χ1v) is 10.2. The van der Waals surface area contributed by atoms with Crippen LogP contribution in [0.4, 0.5) is 0 Å². The fourth-order valence-electron chi connectivity index (χ4n) is 3.03. The topological polar surface area (TPSA) is 80.8 Å². The molecule has 1 aliphatic heterocycles. The minimum atomic E-state index is -3.22. The Balaban J connectivity index is 1.80. The Morgan fingerprint density at radius 2 is 1.76 bits per heavy atom. The molecule has 1 aliphatic rings. The summed E-state index contributed by atoms with van der Waals surface area (Å²) < 4.78 is 29.7. The number of likely N-dealkylation sites (tertiary alicyclic amines) is 1. The highest BCUT2D eigenvalue weighted by Gasteiger charge is 2.31. The van der Waals surface area contributed by atoms with E-state index in [4.69, 9.17) is 0 Å². The van der Waals surface area contributed by atoms with Crippen LogP contribution in [0.2, 0.25) is 0 Å². The largest absolute Gasteiger partial charge is 0.469 e. The minimum absolute atomic E-state index is 0.0252. The van der Waals surface area contributed by atoms with Crippen molar-refractivity contribution in [2.75, 3.05) is 20.2 Å². The molecular weight excluding hydrogens is 342 g/mol. The zero-order chi connectivity index (χ0) is 18.3. The maximum absolute atomic E-state index is 12.6. The van der Waals surface area contributed by atoms with E-state index in [1.54, 1.807) is 4.90 Å². The molecule has 0 aliphatic carbocycles. The highest BCUT2D eigenvalue weighted by molar-refractivity contribution is 7.91. The van der Waals surface area contributed by atoms with E-state index in [-0.39, 0.29) is 30.5 Å². The Labute approximate surface area is 149 Å². The van der Waals surface area contributed by atoms with Crippen molar-refractivity contribution in [1.82, 2.24) is 4.90 Å². The molecule has 0 unspecified atom stereocenters. The van der Waals surface area contributed by atoms with Crippen LogP contribution >= 0.6 is 0 Å². The summed E-state index contributed by atoms with van der Waals surface area (Å²) in [6, 6.07) is 9.16. The van der Waals surface area contributed by atoms with Crippen molar-refractivity contribution in [2.24, 2.45) is 0 Å². The van der Waals surface area contributed by atoms with Crippen LogP contribution in [0.25, 0.3) is 0 Å². The van der Waals surface area contributed by atoms with Gasteiger partial charge in [0.1, 0.15) is 0 Å². The first-order chi connectivity index (χ1) is 11.9. The molecule has 0 atom stereocenters. The molecule has 0 radical (unpaired) electrons. The van der Waals surface area contributed by atoms with Gasteiger partial charge in [-0.25, -0.2) is 8.42 Å². The summed E-state index contributed by atoms with van der Waals surface area (Å²) in [6.07, 6.45) is 1.91. The van der Waals surface area contributed by atoms with Gasteiger partial charge in [-0.05, 0) is 24.8 Å². The van der Waals surface area contributed by atoms with Crippen molar-refractivity contribution in [3.63, 3.8) is 0 Å². The van der Waals surface area contributed by atoms with Gasteiger partial charge in [-0.1, -0.05) is 30.3 Å². The Morgan fingerprint density at radius 1 is 1.12 bits per heavy atom.